The van der Waals surface area contributed by atoms with Crippen LogP contribution in [0.1, 0.15) is 54.5 Å². The van der Waals surface area contributed by atoms with E-state index in [1.807, 2.05) is 0 Å². The fourth-order valence-electron chi connectivity index (χ4n) is 4.66. The Labute approximate surface area is 185 Å². The lowest BCUT2D eigenvalue weighted by molar-refractivity contribution is -0.123. The minimum Gasteiger partial charge on any atom is -0.493 e. The Morgan fingerprint density at radius 3 is 2.42 bits per heavy atom. The van der Waals surface area contributed by atoms with Gasteiger partial charge in [-0.25, -0.2) is 0 Å². The first-order valence-corrected chi connectivity index (χ1v) is 11.4. The maximum Gasteiger partial charge on any atom is 0.223 e. The van der Waals surface area contributed by atoms with Crippen molar-refractivity contribution in [3.05, 3.63) is 58.7 Å². The Kier molecular flexibility index (Phi) is 6.51. The summed E-state index contributed by atoms with van der Waals surface area (Å²) in [7, 11) is 3.36. The molecule has 0 radical (unpaired) electrons. The van der Waals surface area contributed by atoms with Crippen molar-refractivity contribution >= 4 is 5.91 Å². The molecule has 2 aromatic rings. The second kappa shape index (κ2) is 9.31. The van der Waals surface area contributed by atoms with E-state index in [2.05, 4.69) is 60.5 Å². The molecule has 1 aliphatic heterocycles. The molecule has 0 spiro atoms. The van der Waals surface area contributed by atoms with E-state index in [-0.39, 0.29) is 23.9 Å². The molecule has 1 amide bonds. The van der Waals surface area contributed by atoms with Crippen LogP contribution in [0.4, 0.5) is 0 Å². The van der Waals surface area contributed by atoms with Crippen molar-refractivity contribution in [1.29, 1.82) is 0 Å². The zero-order chi connectivity index (χ0) is 22.0. The van der Waals surface area contributed by atoms with Gasteiger partial charge < -0.3 is 14.8 Å². The highest BCUT2D eigenvalue weighted by Gasteiger charge is 2.37. The van der Waals surface area contributed by atoms with Gasteiger partial charge in [0.25, 0.3) is 0 Å². The number of methoxy groups -OCH3 is 2. The Morgan fingerprint density at radius 2 is 1.81 bits per heavy atom. The second-order valence-corrected chi connectivity index (χ2v) is 8.85. The van der Waals surface area contributed by atoms with Crippen LogP contribution in [-0.2, 0) is 17.8 Å². The van der Waals surface area contributed by atoms with Gasteiger partial charge in [-0.15, -0.1) is 0 Å². The molecule has 1 aliphatic carbocycles. The quantitative estimate of drug-likeness (QED) is 0.684. The van der Waals surface area contributed by atoms with Crippen molar-refractivity contribution in [2.45, 2.75) is 58.2 Å². The van der Waals surface area contributed by atoms with Gasteiger partial charge in [-0.3, -0.25) is 9.69 Å². The number of amides is 1. The number of hydrogen-bond acceptors (Lipinski definition) is 4. The van der Waals surface area contributed by atoms with Gasteiger partial charge in [-0.05, 0) is 61.4 Å². The lowest BCUT2D eigenvalue weighted by Gasteiger charge is -2.42. The summed E-state index contributed by atoms with van der Waals surface area (Å²) in [6, 6.07) is 13.1. The maximum absolute atomic E-state index is 12.7. The van der Waals surface area contributed by atoms with Crippen molar-refractivity contribution in [2.75, 3.05) is 20.8 Å². The summed E-state index contributed by atoms with van der Waals surface area (Å²) in [4.78, 5) is 15.2. The van der Waals surface area contributed by atoms with Crippen LogP contribution in [0.5, 0.6) is 11.5 Å². The van der Waals surface area contributed by atoms with E-state index in [0.29, 0.717) is 0 Å². The van der Waals surface area contributed by atoms with E-state index >= 15 is 0 Å². The Hall–Kier alpha value is -2.53. The molecule has 5 heteroatoms. The van der Waals surface area contributed by atoms with E-state index in [4.69, 9.17) is 9.47 Å². The zero-order valence-corrected chi connectivity index (χ0v) is 19.1. The van der Waals surface area contributed by atoms with Crippen LogP contribution in [0.3, 0.4) is 0 Å². The molecular formula is C26H34N2O3. The molecule has 2 aromatic carbocycles. The van der Waals surface area contributed by atoms with Crippen molar-refractivity contribution in [3.8, 4) is 11.5 Å². The predicted octanol–water partition coefficient (Wildman–Crippen LogP) is 4.42. The highest BCUT2D eigenvalue weighted by atomic mass is 16.5. The van der Waals surface area contributed by atoms with Gasteiger partial charge in [0.2, 0.25) is 5.91 Å². The lowest BCUT2D eigenvalue weighted by Crippen LogP contribution is -2.48. The molecule has 1 fully saturated rings. The second-order valence-electron chi connectivity index (χ2n) is 8.85. The zero-order valence-electron chi connectivity index (χ0n) is 19.1. The third-order valence-corrected chi connectivity index (χ3v) is 6.63. The molecular weight excluding hydrogens is 388 g/mol. The Morgan fingerprint density at radius 1 is 1.13 bits per heavy atom. The summed E-state index contributed by atoms with van der Waals surface area (Å²) in [6.45, 7) is 6.08. The molecule has 1 saturated carbocycles. The average molecular weight is 423 g/mol. The maximum atomic E-state index is 12.7. The van der Waals surface area contributed by atoms with Crippen molar-refractivity contribution < 1.29 is 14.3 Å². The first-order chi connectivity index (χ1) is 15.0. The minimum absolute atomic E-state index is 0.0516. The van der Waals surface area contributed by atoms with Crippen LogP contribution in [0.2, 0.25) is 0 Å². The van der Waals surface area contributed by atoms with Gasteiger partial charge in [-0.1, -0.05) is 36.8 Å². The monoisotopic (exact) mass is 422 g/mol. The number of nitrogens with zero attached hydrogens (tertiary/aromatic N) is 1. The predicted molar refractivity (Wildman–Crippen MR) is 123 cm³/mol. The normalized spacial score (nSPS) is 19.4. The molecule has 0 unspecified atom stereocenters. The van der Waals surface area contributed by atoms with Crippen LogP contribution in [0.25, 0.3) is 0 Å². The highest BCUT2D eigenvalue weighted by Crippen LogP contribution is 2.41. The molecule has 0 aromatic heterocycles. The van der Waals surface area contributed by atoms with Gasteiger partial charge in [0, 0.05) is 25.0 Å². The first-order valence-electron chi connectivity index (χ1n) is 11.4. The van der Waals surface area contributed by atoms with Crippen LogP contribution >= 0.6 is 0 Å². The van der Waals surface area contributed by atoms with E-state index in [1.54, 1.807) is 14.2 Å². The number of nitrogens with one attached hydrogen (secondary N) is 1. The SMILES string of the molecule is CC[C@H](NC(=O)C1CC1)[C@@H]1c2cc(OC)c(OC)cc2CCN1Cc1ccc(C)cc1. The fourth-order valence-corrected chi connectivity index (χ4v) is 4.66. The standard InChI is InChI=1S/C26H34N2O3/c1-5-22(27-26(29)19-10-11-19)25-21-15-24(31-4)23(30-3)14-20(21)12-13-28(25)16-18-8-6-17(2)7-9-18/h6-9,14-15,19,22,25H,5,10-13,16H2,1-4H3,(H,27,29)/t22-,25-/m0/s1. The van der Waals surface area contributed by atoms with Crippen LogP contribution in [0.15, 0.2) is 36.4 Å². The van der Waals surface area contributed by atoms with E-state index in [0.717, 1.165) is 50.3 Å². The number of aryl methyl sites for hydroxylation is 1. The summed E-state index contributed by atoms with van der Waals surface area (Å²) in [5.41, 5.74) is 5.08. The van der Waals surface area contributed by atoms with E-state index in [9.17, 15) is 4.79 Å². The Balaban J connectivity index is 1.70. The van der Waals surface area contributed by atoms with E-state index < -0.39 is 0 Å². The molecule has 166 valence electrons. The molecule has 0 saturated heterocycles. The summed E-state index contributed by atoms with van der Waals surface area (Å²) in [5.74, 6) is 1.91. The fraction of sp³-hybridized carbons (Fsp3) is 0.500. The summed E-state index contributed by atoms with van der Waals surface area (Å²) in [6.07, 6.45) is 3.86. The molecule has 2 atom stereocenters. The van der Waals surface area contributed by atoms with Gasteiger partial charge in [-0.2, -0.15) is 0 Å². The van der Waals surface area contributed by atoms with Crippen LogP contribution < -0.4 is 14.8 Å². The number of benzene rings is 2. The largest absolute Gasteiger partial charge is 0.493 e. The number of rotatable bonds is 8. The van der Waals surface area contributed by atoms with Crippen molar-refractivity contribution in [3.63, 3.8) is 0 Å². The van der Waals surface area contributed by atoms with Gasteiger partial charge >= 0.3 is 0 Å². The van der Waals surface area contributed by atoms with Crippen LogP contribution in [0, 0.1) is 12.8 Å². The van der Waals surface area contributed by atoms with Gasteiger partial charge in [0.05, 0.1) is 20.3 Å². The van der Waals surface area contributed by atoms with Crippen molar-refractivity contribution in [1.82, 2.24) is 10.2 Å². The van der Waals surface area contributed by atoms with Gasteiger partial charge in [0.1, 0.15) is 0 Å². The molecule has 0 bridgehead atoms. The molecule has 31 heavy (non-hydrogen) atoms. The van der Waals surface area contributed by atoms with Gasteiger partial charge in [0.15, 0.2) is 11.5 Å². The third kappa shape index (κ3) is 4.72. The molecule has 2 aliphatic rings. The number of ether oxygens (including phenoxy) is 2. The Bertz CT molecular complexity index is 921. The molecule has 4 rings (SSSR count). The first kappa shape index (κ1) is 21.7. The average Bonchev–Trinajstić information content (AvgIpc) is 3.63. The number of carbonyl (C=O) groups is 1. The minimum atomic E-state index is 0.0516. The smallest absolute Gasteiger partial charge is 0.223 e. The highest BCUT2D eigenvalue weighted by molar-refractivity contribution is 5.81. The molecule has 1 heterocycles. The van der Waals surface area contributed by atoms with Crippen molar-refractivity contribution in [2.24, 2.45) is 5.92 Å². The molecule has 1 N–H and O–H groups in total. The number of fused-ring (bicyclic) bond motifs is 1. The number of hydrogen-bond donors (Lipinski definition) is 1. The summed E-state index contributed by atoms with van der Waals surface area (Å²) < 4.78 is 11.2. The van der Waals surface area contributed by atoms with Crippen LogP contribution in [-0.4, -0.2) is 37.6 Å². The lowest BCUT2D eigenvalue weighted by atomic mass is 9.86. The summed E-state index contributed by atoms with van der Waals surface area (Å²) in [5, 5.41) is 3.38. The topological polar surface area (TPSA) is 50.8 Å². The summed E-state index contributed by atoms with van der Waals surface area (Å²) >= 11 is 0. The third-order valence-electron chi connectivity index (χ3n) is 6.63. The number of carbonyl (C=O) groups excluding carboxylic acids is 1. The molecule has 5 nitrogen and oxygen atoms in total. The van der Waals surface area contributed by atoms with E-state index in [1.165, 1.54) is 22.3 Å².